The molecule has 0 aliphatic heterocycles. The van der Waals surface area contributed by atoms with Gasteiger partial charge in [0.1, 0.15) is 11.4 Å². The van der Waals surface area contributed by atoms with Gasteiger partial charge in [0.2, 0.25) is 5.88 Å². The van der Waals surface area contributed by atoms with E-state index in [2.05, 4.69) is 15.5 Å². The van der Waals surface area contributed by atoms with Crippen LogP contribution in [-0.2, 0) is 20.3 Å². The Morgan fingerprint density at radius 2 is 1.79 bits per heavy atom. The minimum atomic E-state index is -4.62. The molecule has 3 aromatic rings. The van der Waals surface area contributed by atoms with Gasteiger partial charge >= 0.3 is 6.18 Å². The predicted molar refractivity (Wildman–Crippen MR) is 93.8 cm³/mol. The molecular formula is C18H18F3N5O2. The summed E-state index contributed by atoms with van der Waals surface area (Å²) in [5, 5.41) is 10.2. The SMILES string of the molecule is CC(NC(=O)c1cc(C(F)(F)F)nn1C)c1cc(Oc2ccccc2)nn1C. The smallest absolute Gasteiger partial charge is 0.435 e. The van der Waals surface area contributed by atoms with Gasteiger partial charge in [0.25, 0.3) is 5.91 Å². The van der Waals surface area contributed by atoms with Crippen molar-refractivity contribution in [3.05, 3.63) is 59.5 Å². The summed E-state index contributed by atoms with van der Waals surface area (Å²) in [6.07, 6.45) is -4.62. The quantitative estimate of drug-likeness (QED) is 0.721. The zero-order valence-electron chi connectivity index (χ0n) is 15.4. The third-order valence-electron chi connectivity index (χ3n) is 4.05. The average Bonchev–Trinajstić information content (AvgIpc) is 3.18. The van der Waals surface area contributed by atoms with E-state index in [1.165, 1.54) is 11.7 Å². The standard InChI is InChI=1S/C18H18F3N5O2/c1-11(22-17(27)14-9-15(18(19,20)21)23-26(14)3)13-10-16(24-25(13)2)28-12-7-5-4-6-8-12/h4-11H,1-3H3,(H,22,27). The van der Waals surface area contributed by atoms with E-state index in [0.29, 0.717) is 17.3 Å². The Hall–Kier alpha value is -3.30. The lowest BCUT2D eigenvalue weighted by atomic mass is 10.2. The number of hydrogen-bond donors (Lipinski definition) is 1. The van der Waals surface area contributed by atoms with Crippen LogP contribution in [0.4, 0.5) is 13.2 Å². The van der Waals surface area contributed by atoms with Crippen molar-refractivity contribution in [3.63, 3.8) is 0 Å². The minimum absolute atomic E-state index is 0.192. The number of nitrogens with zero attached hydrogens (tertiary/aromatic N) is 4. The molecule has 0 aliphatic rings. The third-order valence-corrected chi connectivity index (χ3v) is 4.05. The molecule has 0 aliphatic carbocycles. The van der Waals surface area contributed by atoms with Gasteiger partial charge in [0, 0.05) is 26.2 Å². The van der Waals surface area contributed by atoms with Crippen LogP contribution in [-0.4, -0.2) is 25.5 Å². The molecule has 0 saturated heterocycles. The van der Waals surface area contributed by atoms with Crippen LogP contribution in [0.2, 0.25) is 0 Å². The number of halogens is 3. The molecule has 3 rings (SSSR count). The number of para-hydroxylation sites is 1. The van der Waals surface area contributed by atoms with E-state index in [9.17, 15) is 18.0 Å². The monoisotopic (exact) mass is 393 g/mol. The van der Waals surface area contributed by atoms with Gasteiger partial charge in [-0.3, -0.25) is 14.2 Å². The summed E-state index contributed by atoms with van der Waals surface area (Å²) in [5.74, 6) is 0.271. The summed E-state index contributed by atoms with van der Waals surface area (Å²) in [6, 6.07) is 10.9. The number of benzene rings is 1. The molecule has 0 spiro atoms. The molecule has 10 heteroatoms. The van der Waals surface area contributed by atoms with Gasteiger partial charge in [-0.2, -0.15) is 18.3 Å². The van der Waals surface area contributed by atoms with E-state index in [-0.39, 0.29) is 5.69 Å². The lowest BCUT2D eigenvalue weighted by molar-refractivity contribution is -0.141. The molecule has 28 heavy (non-hydrogen) atoms. The Balaban J connectivity index is 1.73. The normalized spacial score (nSPS) is 12.6. The number of ether oxygens (including phenoxy) is 1. The fourth-order valence-electron chi connectivity index (χ4n) is 2.68. The van der Waals surface area contributed by atoms with Crippen LogP contribution in [0.5, 0.6) is 11.6 Å². The van der Waals surface area contributed by atoms with Gasteiger partial charge < -0.3 is 10.1 Å². The molecule has 0 saturated carbocycles. The van der Waals surface area contributed by atoms with E-state index in [0.717, 1.165) is 10.7 Å². The molecule has 0 bridgehead atoms. The van der Waals surface area contributed by atoms with Gasteiger partial charge in [0.15, 0.2) is 5.69 Å². The van der Waals surface area contributed by atoms with Crippen LogP contribution in [0.3, 0.4) is 0 Å². The number of nitrogens with one attached hydrogen (secondary N) is 1. The van der Waals surface area contributed by atoms with Crippen LogP contribution >= 0.6 is 0 Å². The van der Waals surface area contributed by atoms with Crippen molar-refractivity contribution in [1.29, 1.82) is 0 Å². The minimum Gasteiger partial charge on any atom is -0.438 e. The molecule has 1 unspecified atom stereocenters. The number of aromatic nitrogens is 4. The van der Waals surface area contributed by atoms with Crippen molar-refractivity contribution in [2.75, 3.05) is 0 Å². The molecule has 1 N–H and O–H groups in total. The maximum Gasteiger partial charge on any atom is 0.435 e. The molecule has 1 amide bonds. The highest BCUT2D eigenvalue weighted by atomic mass is 19.4. The van der Waals surface area contributed by atoms with E-state index in [4.69, 9.17) is 4.74 Å². The molecule has 7 nitrogen and oxygen atoms in total. The Bertz CT molecular complexity index is 979. The maximum atomic E-state index is 12.8. The number of alkyl halides is 3. The van der Waals surface area contributed by atoms with Gasteiger partial charge in [-0.15, -0.1) is 5.10 Å². The van der Waals surface area contributed by atoms with E-state index < -0.39 is 23.8 Å². The number of aryl methyl sites for hydroxylation is 2. The predicted octanol–water partition coefficient (Wildman–Crippen LogP) is 3.46. The number of hydrogen-bond acceptors (Lipinski definition) is 4. The summed E-state index contributed by atoms with van der Waals surface area (Å²) in [7, 11) is 2.96. The summed E-state index contributed by atoms with van der Waals surface area (Å²) < 4.78 is 46.4. The third kappa shape index (κ3) is 4.16. The number of carbonyl (C=O) groups excluding carboxylic acids is 1. The number of amides is 1. The molecule has 0 fully saturated rings. The largest absolute Gasteiger partial charge is 0.438 e. The summed E-state index contributed by atoms with van der Waals surface area (Å²) in [6.45, 7) is 1.70. The summed E-state index contributed by atoms with van der Waals surface area (Å²) >= 11 is 0. The second-order valence-electron chi connectivity index (χ2n) is 6.18. The van der Waals surface area contributed by atoms with Crippen LogP contribution in [0.1, 0.15) is 34.8 Å². The van der Waals surface area contributed by atoms with Crippen molar-refractivity contribution in [2.45, 2.75) is 19.1 Å². The highest BCUT2D eigenvalue weighted by molar-refractivity contribution is 5.92. The average molecular weight is 393 g/mol. The highest BCUT2D eigenvalue weighted by Crippen LogP contribution is 2.28. The van der Waals surface area contributed by atoms with Gasteiger partial charge in [0.05, 0.1) is 11.7 Å². The van der Waals surface area contributed by atoms with Crippen molar-refractivity contribution in [3.8, 4) is 11.6 Å². The topological polar surface area (TPSA) is 74.0 Å². The zero-order chi connectivity index (χ0) is 20.5. The fourth-order valence-corrected chi connectivity index (χ4v) is 2.68. The molecular weight excluding hydrogens is 375 g/mol. The first-order chi connectivity index (χ1) is 13.1. The fraction of sp³-hybridized carbons (Fsp3) is 0.278. The molecule has 148 valence electrons. The summed E-state index contributed by atoms with van der Waals surface area (Å²) in [5.41, 5.74) is -0.688. The molecule has 1 aromatic carbocycles. The molecule has 2 aromatic heterocycles. The Morgan fingerprint density at radius 3 is 2.39 bits per heavy atom. The van der Waals surface area contributed by atoms with Gasteiger partial charge in [-0.25, -0.2) is 0 Å². The van der Waals surface area contributed by atoms with Crippen molar-refractivity contribution >= 4 is 5.91 Å². The van der Waals surface area contributed by atoms with E-state index in [1.54, 1.807) is 32.2 Å². The molecule has 2 heterocycles. The Kier molecular flexibility index (Phi) is 5.12. The number of rotatable bonds is 5. The van der Waals surface area contributed by atoms with E-state index >= 15 is 0 Å². The second-order valence-corrected chi connectivity index (χ2v) is 6.18. The van der Waals surface area contributed by atoms with Gasteiger partial charge in [-0.1, -0.05) is 18.2 Å². The zero-order valence-corrected chi connectivity index (χ0v) is 15.4. The Morgan fingerprint density at radius 1 is 1.11 bits per heavy atom. The first kappa shape index (κ1) is 19.5. The first-order valence-electron chi connectivity index (χ1n) is 8.34. The van der Waals surface area contributed by atoms with Gasteiger partial charge in [-0.05, 0) is 19.1 Å². The van der Waals surface area contributed by atoms with E-state index in [1.807, 2.05) is 18.2 Å². The van der Waals surface area contributed by atoms with Crippen molar-refractivity contribution < 1.29 is 22.7 Å². The van der Waals surface area contributed by atoms with Crippen LogP contribution in [0.25, 0.3) is 0 Å². The maximum absolute atomic E-state index is 12.8. The van der Waals surface area contributed by atoms with Crippen LogP contribution < -0.4 is 10.1 Å². The lowest BCUT2D eigenvalue weighted by Crippen LogP contribution is -2.29. The Labute approximate surface area is 158 Å². The second kappa shape index (κ2) is 7.37. The summed E-state index contributed by atoms with van der Waals surface area (Å²) in [4.78, 5) is 12.4. The number of carbonyl (C=O) groups is 1. The van der Waals surface area contributed by atoms with Crippen LogP contribution in [0.15, 0.2) is 42.5 Å². The highest BCUT2D eigenvalue weighted by Gasteiger charge is 2.35. The van der Waals surface area contributed by atoms with Crippen molar-refractivity contribution in [1.82, 2.24) is 24.9 Å². The van der Waals surface area contributed by atoms with Crippen molar-refractivity contribution in [2.24, 2.45) is 14.1 Å². The lowest BCUT2D eigenvalue weighted by Gasteiger charge is -2.13. The molecule has 0 radical (unpaired) electrons. The molecule has 1 atom stereocenters. The van der Waals surface area contributed by atoms with Crippen LogP contribution in [0, 0.1) is 0 Å². The first-order valence-corrected chi connectivity index (χ1v) is 8.34.